The van der Waals surface area contributed by atoms with Crippen molar-refractivity contribution in [3.63, 3.8) is 0 Å². The molecule has 0 bridgehead atoms. The van der Waals surface area contributed by atoms with Crippen molar-refractivity contribution in [1.29, 1.82) is 0 Å². The molecule has 0 saturated heterocycles. The number of anilines is 1. The molecule has 1 amide bonds. The van der Waals surface area contributed by atoms with Crippen molar-refractivity contribution < 1.29 is 9.53 Å². The van der Waals surface area contributed by atoms with E-state index < -0.39 is 5.91 Å². The van der Waals surface area contributed by atoms with E-state index in [0.717, 1.165) is 0 Å². The molecule has 0 saturated carbocycles. The van der Waals surface area contributed by atoms with Crippen molar-refractivity contribution >= 4 is 11.6 Å². The number of nitrogens with zero attached hydrogens (tertiary/aromatic N) is 2. The zero-order valence-corrected chi connectivity index (χ0v) is 10.6. The van der Waals surface area contributed by atoms with E-state index in [4.69, 9.17) is 10.5 Å². The minimum absolute atomic E-state index is 0.199. The van der Waals surface area contributed by atoms with Gasteiger partial charge in [0.15, 0.2) is 5.69 Å². The lowest BCUT2D eigenvalue weighted by atomic mass is 10.1. The molecule has 1 aromatic heterocycles. The summed E-state index contributed by atoms with van der Waals surface area (Å²) in [6, 6.07) is 0. The van der Waals surface area contributed by atoms with Gasteiger partial charge in [-0.15, -0.1) is 0 Å². The summed E-state index contributed by atoms with van der Waals surface area (Å²) in [5.74, 6) is -0.0661. The smallest absolute Gasteiger partial charge is 0.269 e. The maximum absolute atomic E-state index is 11.2. The Balaban J connectivity index is 2.88. The van der Waals surface area contributed by atoms with Crippen LogP contribution in [-0.2, 0) is 4.74 Å². The fourth-order valence-corrected chi connectivity index (χ4v) is 1.17. The highest BCUT2D eigenvalue weighted by Crippen LogP contribution is 2.14. The minimum atomic E-state index is -0.576. The second kappa shape index (κ2) is 5.09. The Morgan fingerprint density at radius 3 is 2.76 bits per heavy atom. The molecule has 1 rings (SSSR count). The number of aromatic nitrogens is 2. The maximum Gasteiger partial charge on any atom is 0.269 e. The van der Waals surface area contributed by atoms with Gasteiger partial charge in [0.25, 0.3) is 5.91 Å². The Morgan fingerprint density at radius 1 is 1.59 bits per heavy atom. The lowest BCUT2D eigenvalue weighted by Gasteiger charge is -2.24. The quantitative estimate of drug-likeness (QED) is 0.788. The van der Waals surface area contributed by atoms with E-state index in [1.54, 1.807) is 20.2 Å². The number of hydrogen-bond donors (Lipinski definition) is 2. The molecule has 94 valence electrons. The zero-order valence-electron chi connectivity index (χ0n) is 10.6. The van der Waals surface area contributed by atoms with E-state index >= 15 is 0 Å². The van der Waals surface area contributed by atoms with Gasteiger partial charge in [-0.05, 0) is 20.8 Å². The number of hydrogen-bond acceptors (Lipinski definition) is 5. The number of aryl methyl sites for hydroxylation is 1. The first-order chi connectivity index (χ1) is 7.85. The molecule has 6 heteroatoms. The van der Waals surface area contributed by atoms with Crippen LogP contribution in [0, 0.1) is 6.92 Å². The molecule has 0 fully saturated rings. The van der Waals surface area contributed by atoms with Crippen LogP contribution in [-0.4, -0.2) is 35.1 Å². The van der Waals surface area contributed by atoms with E-state index in [0.29, 0.717) is 18.1 Å². The number of carbonyl (C=O) groups excluding carboxylic acids is 1. The van der Waals surface area contributed by atoms with Crippen LogP contribution in [0.15, 0.2) is 6.20 Å². The number of nitrogens with one attached hydrogen (secondary N) is 1. The van der Waals surface area contributed by atoms with Crippen molar-refractivity contribution in [2.45, 2.75) is 26.4 Å². The molecule has 0 spiro atoms. The Labute approximate surface area is 101 Å². The van der Waals surface area contributed by atoms with Crippen molar-refractivity contribution in [2.75, 3.05) is 19.0 Å². The summed E-state index contributed by atoms with van der Waals surface area (Å²) >= 11 is 0. The number of primary amides is 1. The molecular weight excluding hydrogens is 220 g/mol. The summed E-state index contributed by atoms with van der Waals surface area (Å²) in [6.45, 7) is 6.09. The maximum atomic E-state index is 11.2. The highest BCUT2D eigenvalue weighted by Gasteiger charge is 2.18. The molecule has 0 aromatic carbocycles. The number of rotatable bonds is 5. The fourth-order valence-electron chi connectivity index (χ4n) is 1.17. The van der Waals surface area contributed by atoms with E-state index in [9.17, 15) is 4.79 Å². The highest BCUT2D eigenvalue weighted by atomic mass is 16.5. The third kappa shape index (κ3) is 3.67. The molecule has 1 heterocycles. The van der Waals surface area contributed by atoms with Crippen molar-refractivity contribution in [3.05, 3.63) is 17.7 Å². The third-order valence-electron chi connectivity index (χ3n) is 2.40. The summed E-state index contributed by atoms with van der Waals surface area (Å²) in [5, 5.41) is 3.06. The average Bonchev–Trinajstić information content (AvgIpc) is 2.27. The lowest BCUT2D eigenvalue weighted by Crippen LogP contribution is -2.33. The summed E-state index contributed by atoms with van der Waals surface area (Å²) in [7, 11) is 1.63. The van der Waals surface area contributed by atoms with Crippen LogP contribution in [0.5, 0.6) is 0 Å². The molecule has 3 N–H and O–H groups in total. The molecule has 17 heavy (non-hydrogen) atoms. The SMILES string of the molecule is COC(C)(C)CNc1cnc(C)nc1C(N)=O. The summed E-state index contributed by atoms with van der Waals surface area (Å²) < 4.78 is 5.26. The Bertz CT molecular complexity index is 418. The number of nitrogens with two attached hydrogens (primary N) is 1. The van der Waals surface area contributed by atoms with Crippen LogP contribution >= 0.6 is 0 Å². The third-order valence-corrected chi connectivity index (χ3v) is 2.40. The van der Waals surface area contributed by atoms with Gasteiger partial charge in [-0.1, -0.05) is 0 Å². The molecule has 0 radical (unpaired) electrons. The molecule has 0 aliphatic rings. The van der Waals surface area contributed by atoms with E-state index in [1.165, 1.54) is 0 Å². The van der Waals surface area contributed by atoms with Gasteiger partial charge in [-0.3, -0.25) is 4.79 Å². The van der Waals surface area contributed by atoms with Gasteiger partial charge in [-0.25, -0.2) is 9.97 Å². The van der Waals surface area contributed by atoms with E-state index in [2.05, 4.69) is 15.3 Å². The van der Waals surface area contributed by atoms with Crippen LogP contribution in [0.1, 0.15) is 30.2 Å². The molecule has 0 aliphatic carbocycles. The summed E-state index contributed by atoms with van der Waals surface area (Å²) in [4.78, 5) is 19.3. The number of carbonyl (C=O) groups is 1. The van der Waals surface area contributed by atoms with Gasteiger partial charge in [0.05, 0.1) is 17.5 Å². The van der Waals surface area contributed by atoms with Crippen molar-refractivity contribution in [1.82, 2.24) is 9.97 Å². The molecule has 0 atom stereocenters. The van der Waals surface area contributed by atoms with Crippen LogP contribution in [0.25, 0.3) is 0 Å². The normalized spacial score (nSPS) is 11.3. The Kier molecular flexibility index (Phi) is 4.01. The lowest BCUT2D eigenvalue weighted by molar-refractivity contribution is 0.0343. The first-order valence-electron chi connectivity index (χ1n) is 5.28. The van der Waals surface area contributed by atoms with E-state index in [1.807, 2.05) is 13.8 Å². The summed E-state index contributed by atoms with van der Waals surface area (Å²) in [6.07, 6.45) is 1.55. The standard InChI is InChI=1S/C11H18N4O2/c1-7-13-5-8(9(15-7)10(12)16)14-6-11(2,3)17-4/h5,14H,6H2,1-4H3,(H2,12,16). The van der Waals surface area contributed by atoms with Crippen LogP contribution in [0.4, 0.5) is 5.69 Å². The molecular formula is C11H18N4O2. The van der Waals surface area contributed by atoms with Gasteiger partial charge in [0, 0.05) is 13.7 Å². The molecule has 0 unspecified atom stereocenters. The van der Waals surface area contributed by atoms with Crippen molar-refractivity contribution in [3.8, 4) is 0 Å². The van der Waals surface area contributed by atoms with Crippen LogP contribution in [0.2, 0.25) is 0 Å². The molecule has 6 nitrogen and oxygen atoms in total. The van der Waals surface area contributed by atoms with Gasteiger partial charge < -0.3 is 15.8 Å². The molecule has 1 aromatic rings. The number of methoxy groups -OCH3 is 1. The predicted molar refractivity (Wildman–Crippen MR) is 64.9 cm³/mol. The monoisotopic (exact) mass is 238 g/mol. The van der Waals surface area contributed by atoms with E-state index in [-0.39, 0.29) is 11.3 Å². The topological polar surface area (TPSA) is 90.1 Å². The predicted octanol–water partition coefficient (Wildman–Crippen LogP) is 0.721. The van der Waals surface area contributed by atoms with Crippen LogP contribution in [0.3, 0.4) is 0 Å². The highest BCUT2D eigenvalue weighted by molar-refractivity contribution is 5.96. The van der Waals surface area contributed by atoms with Crippen LogP contribution < -0.4 is 11.1 Å². The number of amides is 1. The van der Waals surface area contributed by atoms with Gasteiger partial charge in [0.2, 0.25) is 0 Å². The number of ether oxygens (including phenoxy) is 1. The van der Waals surface area contributed by atoms with Gasteiger partial charge in [0.1, 0.15) is 5.82 Å². The Morgan fingerprint density at radius 2 is 2.24 bits per heavy atom. The zero-order chi connectivity index (χ0) is 13.1. The minimum Gasteiger partial charge on any atom is -0.379 e. The Hall–Kier alpha value is -1.69. The summed E-state index contributed by atoms with van der Waals surface area (Å²) in [5.41, 5.74) is 5.63. The average molecular weight is 238 g/mol. The van der Waals surface area contributed by atoms with Crippen molar-refractivity contribution in [2.24, 2.45) is 5.73 Å². The molecule has 0 aliphatic heterocycles. The second-order valence-corrected chi connectivity index (χ2v) is 4.36. The fraction of sp³-hybridized carbons (Fsp3) is 0.545. The largest absolute Gasteiger partial charge is 0.379 e. The van der Waals surface area contributed by atoms with Gasteiger partial charge >= 0.3 is 0 Å². The first kappa shape index (κ1) is 13.4. The van der Waals surface area contributed by atoms with Gasteiger partial charge in [-0.2, -0.15) is 0 Å². The second-order valence-electron chi connectivity index (χ2n) is 4.36. The first-order valence-corrected chi connectivity index (χ1v) is 5.28.